The van der Waals surface area contributed by atoms with Gasteiger partial charge in [-0.25, -0.2) is 0 Å². The predicted octanol–water partition coefficient (Wildman–Crippen LogP) is 10.4. The highest BCUT2D eigenvalue weighted by atomic mass is 16.6. The number of esters is 2. The number of hydrogen-bond donors (Lipinski definition) is 1. The molecule has 44 heavy (non-hydrogen) atoms. The number of carbonyl (C=O) groups is 2. The molecule has 0 aliphatic carbocycles. The summed E-state index contributed by atoms with van der Waals surface area (Å²) in [6.45, 7) is 4.05. The van der Waals surface area contributed by atoms with Crippen LogP contribution in [0, 0.1) is 0 Å². The Morgan fingerprint density at radius 2 is 0.909 bits per heavy atom. The van der Waals surface area contributed by atoms with E-state index in [-0.39, 0.29) is 31.6 Å². The summed E-state index contributed by atoms with van der Waals surface area (Å²) < 4.78 is 10.2. The summed E-state index contributed by atoms with van der Waals surface area (Å²) in [4.78, 5) is 23.7. The van der Waals surface area contributed by atoms with Gasteiger partial charge in [-0.2, -0.15) is 0 Å². The first kappa shape index (κ1) is 41.1. The molecule has 0 bridgehead atoms. The van der Waals surface area contributed by atoms with Crippen molar-refractivity contribution in [3.63, 3.8) is 0 Å². The van der Waals surface area contributed by atoms with Crippen LogP contribution in [-0.2, 0) is 19.1 Å². The van der Waals surface area contributed by atoms with Gasteiger partial charge in [0.2, 0.25) is 0 Å². The van der Waals surface area contributed by atoms with E-state index in [1.807, 2.05) is 12.2 Å². The number of rotatable bonds is 29. The lowest BCUT2D eigenvalue weighted by molar-refractivity contribution is -0.152. The lowest BCUT2D eigenvalue weighted by Crippen LogP contribution is -2.25. The Kier molecular flexibility index (Phi) is 32.3. The fourth-order valence-corrected chi connectivity index (χ4v) is 4.05. The zero-order valence-corrected chi connectivity index (χ0v) is 27.9. The molecule has 0 spiro atoms. The molecule has 248 valence electrons. The number of ether oxygens (including phenoxy) is 2. The molecular weight excluding hydrogens is 548 g/mol. The van der Waals surface area contributed by atoms with Crippen molar-refractivity contribution in [1.82, 2.24) is 0 Å². The summed E-state index contributed by atoms with van der Waals surface area (Å²) >= 11 is 0. The van der Waals surface area contributed by atoms with E-state index in [2.05, 4.69) is 86.8 Å². The van der Waals surface area contributed by atoms with Crippen molar-refractivity contribution in [3.8, 4) is 0 Å². The third kappa shape index (κ3) is 33.6. The van der Waals surface area contributed by atoms with Crippen molar-refractivity contribution < 1.29 is 24.2 Å². The Bertz CT molecular complexity index is 875. The molecule has 0 unspecified atom stereocenters. The van der Waals surface area contributed by atoms with E-state index in [9.17, 15) is 14.7 Å². The predicted molar refractivity (Wildman–Crippen MR) is 186 cm³/mol. The Balaban J connectivity index is 3.67. The standard InChI is InChI=1S/C39H62O5/c1-3-5-7-9-11-13-15-16-17-18-19-20-21-22-24-26-28-30-32-34-39(42)44-36-37(40)35-43-38(41)33-31-29-27-25-23-14-12-10-8-6-4-2/h5,7,11,13,16-17,19-20,22,24-25,27-28,30,37,40H,3-4,6,8-10,12,14-15,18,21,23,26,29,31-36H2,1-2H3/b7-5-,13-11-,17-16-,20-19-,24-22-,27-25-,30-28-/t37-/m1/s1. The quantitative estimate of drug-likeness (QED) is 0.0518. The van der Waals surface area contributed by atoms with Gasteiger partial charge in [0.25, 0.3) is 0 Å². The highest BCUT2D eigenvalue weighted by molar-refractivity contribution is 5.70. The van der Waals surface area contributed by atoms with Gasteiger partial charge in [0.05, 0.1) is 0 Å². The first-order valence-electron chi connectivity index (χ1n) is 17.1. The van der Waals surface area contributed by atoms with Gasteiger partial charge in [-0.05, 0) is 70.6 Å². The summed E-state index contributed by atoms with van der Waals surface area (Å²) in [6, 6.07) is 0. The molecule has 0 rings (SSSR count). The van der Waals surface area contributed by atoms with Crippen molar-refractivity contribution >= 4 is 11.9 Å². The molecule has 1 atom stereocenters. The molecule has 5 nitrogen and oxygen atoms in total. The number of aliphatic hydroxyl groups excluding tert-OH is 1. The van der Waals surface area contributed by atoms with E-state index in [0.29, 0.717) is 12.8 Å². The van der Waals surface area contributed by atoms with E-state index < -0.39 is 6.10 Å². The third-order valence-corrected chi connectivity index (χ3v) is 6.63. The minimum atomic E-state index is -1.01. The maximum atomic E-state index is 11.9. The first-order chi connectivity index (χ1) is 21.6. The molecule has 5 heteroatoms. The Hall–Kier alpha value is -2.92. The second-order valence-corrected chi connectivity index (χ2v) is 10.9. The second kappa shape index (κ2) is 34.6. The highest BCUT2D eigenvalue weighted by Crippen LogP contribution is 2.08. The topological polar surface area (TPSA) is 72.8 Å². The van der Waals surface area contributed by atoms with E-state index in [0.717, 1.165) is 57.8 Å². The maximum Gasteiger partial charge on any atom is 0.306 e. The molecule has 0 aromatic rings. The van der Waals surface area contributed by atoms with E-state index in [1.165, 1.54) is 38.5 Å². The molecule has 0 saturated carbocycles. The normalized spacial score (nSPS) is 13.2. The average Bonchev–Trinajstić information content (AvgIpc) is 3.02. The fraction of sp³-hybridized carbons (Fsp3) is 0.590. The van der Waals surface area contributed by atoms with Crippen LogP contribution >= 0.6 is 0 Å². The van der Waals surface area contributed by atoms with Crippen LogP contribution in [0.25, 0.3) is 0 Å². The van der Waals surface area contributed by atoms with Gasteiger partial charge < -0.3 is 14.6 Å². The number of hydrogen-bond acceptors (Lipinski definition) is 5. The van der Waals surface area contributed by atoms with Gasteiger partial charge in [-0.15, -0.1) is 0 Å². The van der Waals surface area contributed by atoms with Crippen LogP contribution in [0.2, 0.25) is 0 Å². The summed E-state index contributed by atoms with van der Waals surface area (Å²) in [5, 5.41) is 9.94. The average molecular weight is 611 g/mol. The Morgan fingerprint density at radius 3 is 1.43 bits per heavy atom. The van der Waals surface area contributed by atoms with Crippen molar-refractivity contribution in [1.29, 1.82) is 0 Å². The van der Waals surface area contributed by atoms with Gasteiger partial charge in [-0.3, -0.25) is 9.59 Å². The van der Waals surface area contributed by atoms with Gasteiger partial charge >= 0.3 is 11.9 Å². The largest absolute Gasteiger partial charge is 0.463 e. The van der Waals surface area contributed by atoms with Gasteiger partial charge in [0.1, 0.15) is 19.3 Å². The second-order valence-electron chi connectivity index (χ2n) is 10.9. The molecule has 0 aromatic carbocycles. The molecule has 0 saturated heterocycles. The summed E-state index contributed by atoms with van der Waals surface area (Å²) in [7, 11) is 0. The van der Waals surface area contributed by atoms with Crippen LogP contribution < -0.4 is 0 Å². The summed E-state index contributed by atoms with van der Waals surface area (Å²) in [5.41, 5.74) is 0. The zero-order valence-electron chi connectivity index (χ0n) is 27.9. The van der Waals surface area contributed by atoms with Crippen LogP contribution in [-0.4, -0.2) is 36.4 Å². The smallest absolute Gasteiger partial charge is 0.306 e. The van der Waals surface area contributed by atoms with Crippen molar-refractivity contribution in [3.05, 3.63) is 85.1 Å². The molecule has 0 heterocycles. The summed E-state index contributed by atoms with van der Waals surface area (Å²) in [6.07, 6.45) is 46.5. The highest BCUT2D eigenvalue weighted by Gasteiger charge is 2.11. The third-order valence-electron chi connectivity index (χ3n) is 6.63. The van der Waals surface area contributed by atoms with Crippen molar-refractivity contribution in [2.75, 3.05) is 13.2 Å². The molecule has 0 amide bonds. The Labute approximate surface area is 269 Å². The lowest BCUT2D eigenvalue weighted by atomic mass is 10.1. The molecule has 0 radical (unpaired) electrons. The number of allylic oxidation sites excluding steroid dienone is 14. The minimum absolute atomic E-state index is 0.160. The SMILES string of the molecule is CC/C=C\C/C=C\C/C=C\C/C=C\C/C=C\C/C=C\CCC(=O)OC[C@H](O)COC(=O)CCC/C=C\CCCCCCCC. The van der Waals surface area contributed by atoms with Crippen LogP contribution in [0.15, 0.2) is 85.1 Å². The molecule has 0 aliphatic heterocycles. The monoisotopic (exact) mass is 610 g/mol. The van der Waals surface area contributed by atoms with Gasteiger partial charge in [-0.1, -0.05) is 131 Å². The van der Waals surface area contributed by atoms with Crippen LogP contribution in [0.5, 0.6) is 0 Å². The molecule has 0 fully saturated rings. The lowest BCUT2D eigenvalue weighted by Gasteiger charge is -2.11. The Morgan fingerprint density at radius 1 is 0.500 bits per heavy atom. The number of aliphatic hydroxyl groups is 1. The van der Waals surface area contributed by atoms with Gasteiger partial charge in [0, 0.05) is 12.8 Å². The minimum Gasteiger partial charge on any atom is -0.463 e. The van der Waals surface area contributed by atoms with Crippen LogP contribution in [0.1, 0.15) is 129 Å². The number of carbonyl (C=O) groups excluding carboxylic acids is 2. The van der Waals surface area contributed by atoms with Crippen LogP contribution in [0.4, 0.5) is 0 Å². The number of unbranched alkanes of at least 4 members (excludes halogenated alkanes) is 7. The van der Waals surface area contributed by atoms with Crippen molar-refractivity contribution in [2.45, 2.75) is 136 Å². The maximum absolute atomic E-state index is 11.9. The van der Waals surface area contributed by atoms with E-state index in [1.54, 1.807) is 0 Å². The first-order valence-corrected chi connectivity index (χ1v) is 17.1. The summed E-state index contributed by atoms with van der Waals surface area (Å²) in [5.74, 6) is -0.708. The zero-order chi connectivity index (χ0) is 32.2. The van der Waals surface area contributed by atoms with E-state index >= 15 is 0 Å². The van der Waals surface area contributed by atoms with Crippen LogP contribution in [0.3, 0.4) is 0 Å². The van der Waals surface area contributed by atoms with Crippen molar-refractivity contribution in [2.24, 2.45) is 0 Å². The fourth-order valence-electron chi connectivity index (χ4n) is 4.05. The van der Waals surface area contributed by atoms with E-state index in [4.69, 9.17) is 9.47 Å². The molecular formula is C39H62O5. The molecule has 1 N–H and O–H groups in total. The van der Waals surface area contributed by atoms with Gasteiger partial charge in [0.15, 0.2) is 0 Å². The molecule has 0 aliphatic rings. The molecule has 0 aromatic heterocycles.